The monoisotopic (exact) mass is 323 g/mol. The summed E-state index contributed by atoms with van der Waals surface area (Å²) in [7, 11) is 0. The lowest BCUT2D eigenvalue weighted by molar-refractivity contribution is -0.143. The van der Waals surface area contributed by atoms with Crippen LogP contribution in [0.3, 0.4) is 0 Å². The average molecular weight is 323 g/mol. The maximum atomic E-state index is 13.0. The van der Waals surface area contributed by atoms with Crippen molar-refractivity contribution < 1.29 is 36.2 Å². The second-order valence-corrected chi connectivity index (χ2v) is 3.97. The van der Waals surface area contributed by atoms with Crippen LogP contribution in [0.1, 0.15) is 23.6 Å². The van der Waals surface area contributed by atoms with E-state index in [1.165, 1.54) is 13.0 Å². The summed E-state index contributed by atoms with van der Waals surface area (Å²) in [5, 5.41) is 8.79. The Bertz CT molecular complexity index is 593. The average Bonchev–Trinajstić information content (AvgIpc) is 2.35. The van der Waals surface area contributed by atoms with Crippen molar-refractivity contribution in [3.8, 4) is 11.8 Å². The van der Waals surface area contributed by atoms with Crippen LogP contribution in [0.5, 0.6) is 5.75 Å². The highest BCUT2D eigenvalue weighted by Gasteiger charge is 2.37. The zero-order valence-electron chi connectivity index (χ0n) is 11.2. The zero-order chi connectivity index (χ0) is 16.9. The minimum atomic E-state index is -4.93. The molecule has 0 radical (unpaired) electrons. The number of esters is 1. The molecule has 0 atom stereocenters. The second-order valence-electron chi connectivity index (χ2n) is 3.97. The summed E-state index contributed by atoms with van der Waals surface area (Å²) in [5.41, 5.74) is -2.95. The number of halogens is 5. The molecule has 0 fully saturated rings. The number of benzene rings is 1. The van der Waals surface area contributed by atoms with Crippen LogP contribution in [-0.4, -0.2) is 19.2 Å². The first-order valence-electron chi connectivity index (χ1n) is 5.93. The third-order valence-electron chi connectivity index (χ3n) is 2.46. The van der Waals surface area contributed by atoms with Crippen molar-refractivity contribution in [1.82, 2.24) is 0 Å². The molecule has 1 rings (SSSR count). The number of nitrogens with zero attached hydrogens (tertiary/aromatic N) is 1. The predicted molar refractivity (Wildman–Crippen MR) is 63.1 cm³/mol. The minimum Gasteiger partial charge on any atom is -0.466 e. The van der Waals surface area contributed by atoms with Crippen molar-refractivity contribution >= 4 is 5.97 Å². The fourth-order valence-electron chi connectivity index (χ4n) is 1.77. The number of hydrogen-bond donors (Lipinski definition) is 0. The Hall–Kier alpha value is -2.37. The summed E-state index contributed by atoms with van der Waals surface area (Å²) in [6, 6.07) is 2.46. The maximum Gasteiger partial charge on any atom is 0.417 e. The van der Waals surface area contributed by atoms with E-state index in [1.807, 2.05) is 0 Å². The first kappa shape index (κ1) is 17.7. The molecule has 0 heterocycles. The highest BCUT2D eigenvalue weighted by atomic mass is 19.4. The van der Waals surface area contributed by atoms with E-state index in [0.717, 1.165) is 0 Å². The molecule has 0 aliphatic heterocycles. The van der Waals surface area contributed by atoms with Gasteiger partial charge in [-0.1, -0.05) is 0 Å². The van der Waals surface area contributed by atoms with Gasteiger partial charge >= 0.3 is 18.8 Å². The summed E-state index contributed by atoms with van der Waals surface area (Å²) >= 11 is 0. The Morgan fingerprint density at radius 3 is 2.45 bits per heavy atom. The number of carbonyl (C=O) groups is 1. The van der Waals surface area contributed by atoms with Gasteiger partial charge in [0.05, 0.1) is 30.2 Å². The third-order valence-corrected chi connectivity index (χ3v) is 2.46. The number of carbonyl (C=O) groups excluding carboxylic acids is 1. The summed E-state index contributed by atoms with van der Waals surface area (Å²) in [4.78, 5) is 11.4. The predicted octanol–water partition coefficient (Wildman–Crippen LogP) is 3.28. The first-order valence-corrected chi connectivity index (χ1v) is 5.93. The molecule has 0 N–H and O–H groups in total. The van der Waals surface area contributed by atoms with Gasteiger partial charge in [-0.2, -0.15) is 27.2 Å². The van der Waals surface area contributed by atoms with E-state index in [4.69, 9.17) is 5.26 Å². The molecule has 1 aromatic carbocycles. The first-order chi connectivity index (χ1) is 10.2. The lowest BCUT2D eigenvalue weighted by Gasteiger charge is -2.16. The van der Waals surface area contributed by atoms with Gasteiger partial charge in [0.1, 0.15) is 5.75 Å². The zero-order valence-corrected chi connectivity index (χ0v) is 11.2. The highest BCUT2D eigenvalue weighted by Crippen LogP contribution is 2.37. The summed E-state index contributed by atoms with van der Waals surface area (Å²) in [5.74, 6) is -1.62. The molecule has 0 unspecified atom stereocenters. The molecule has 1 aromatic rings. The largest absolute Gasteiger partial charge is 0.466 e. The van der Waals surface area contributed by atoms with Gasteiger partial charge in [-0.3, -0.25) is 4.79 Å². The van der Waals surface area contributed by atoms with E-state index in [2.05, 4.69) is 9.47 Å². The summed E-state index contributed by atoms with van der Waals surface area (Å²) < 4.78 is 72.0. The van der Waals surface area contributed by atoms with Crippen molar-refractivity contribution in [2.45, 2.75) is 26.1 Å². The Morgan fingerprint density at radius 2 is 2.00 bits per heavy atom. The lowest BCUT2D eigenvalue weighted by atomic mass is 9.98. The molecular formula is C13H10F5NO3. The Kier molecular flexibility index (Phi) is 5.68. The topological polar surface area (TPSA) is 59.3 Å². The molecule has 0 saturated heterocycles. The maximum absolute atomic E-state index is 13.0. The molecule has 0 amide bonds. The van der Waals surface area contributed by atoms with Crippen LogP contribution in [0, 0.1) is 11.3 Å². The number of ether oxygens (including phenoxy) is 2. The van der Waals surface area contributed by atoms with E-state index in [-0.39, 0.29) is 6.61 Å². The number of nitriles is 1. The summed E-state index contributed by atoms with van der Waals surface area (Å²) in [6.07, 6.45) is -5.76. The summed E-state index contributed by atoms with van der Waals surface area (Å²) in [6.45, 7) is -1.88. The SMILES string of the molecule is CCOC(=O)Cc1cc(OC(F)F)cc(C#N)c1C(F)(F)F. The van der Waals surface area contributed by atoms with Gasteiger partial charge in [-0.05, 0) is 24.6 Å². The Balaban J connectivity index is 3.40. The number of alkyl halides is 5. The van der Waals surface area contributed by atoms with Crippen molar-refractivity contribution in [3.05, 3.63) is 28.8 Å². The van der Waals surface area contributed by atoms with Crippen LogP contribution < -0.4 is 4.74 Å². The van der Waals surface area contributed by atoms with Crippen molar-refractivity contribution in [2.24, 2.45) is 0 Å². The van der Waals surface area contributed by atoms with Crippen molar-refractivity contribution in [2.75, 3.05) is 6.61 Å². The molecule has 0 spiro atoms. The fraction of sp³-hybridized carbons (Fsp3) is 0.385. The van der Waals surface area contributed by atoms with Crippen molar-refractivity contribution in [1.29, 1.82) is 5.26 Å². The van der Waals surface area contributed by atoms with E-state index in [9.17, 15) is 26.7 Å². The van der Waals surface area contributed by atoms with Crippen LogP contribution in [0.25, 0.3) is 0 Å². The molecular weight excluding hydrogens is 313 g/mol. The van der Waals surface area contributed by atoms with Crippen molar-refractivity contribution in [3.63, 3.8) is 0 Å². The molecule has 0 aliphatic carbocycles. The second kappa shape index (κ2) is 7.06. The van der Waals surface area contributed by atoms with E-state index >= 15 is 0 Å². The van der Waals surface area contributed by atoms with Crippen LogP contribution in [-0.2, 0) is 22.1 Å². The van der Waals surface area contributed by atoms with Crippen LogP contribution in [0.4, 0.5) is 22.0 Å². The van der Waals surface area contributed by atoms with E-state index < -0.39 is 47.6 Å². The molecule has 0 aromatic heterocycles. The van der Waals surface area contributed by atoms with Gasteiger partial charge in [-0.25, -0.2) is 0 Å². The molecule has 4 nitrogen and oxygen atoms in total. The Morgan fingerprint density at radius 1 is 1.36 bits per heavy atom. The molecule has 9 heteroatoms. The van der Waals surface area contributed by atoms with E-state index in [1.54, 1.807) is 0 Å². The lowest BCUT2D eigenvalue weighted by Crippen LogP contribution is -2.17. The van der Waals surface area contributed by atoms with E-state index in [0.29, 0.717) is 12.1 Å². The fourth-order valence-corrected chi connectivity index (χ4v) is 1.77. The molecule has 0 aliphatic rings. The molecule has 0 saturated carbocycles. The van der Waals surface area contributed by atoms with Gasteiger partial charge in [0.15, 0.2) is 0 Å². The normalized spacial score (nSPS) is 11.2. The van der Waals surface area contributed by atoms with Crippen LogP contribution in [0.2, 0.25) is 0 Å². The van der Waals surface area contributed by atoms with Gasteiger partial charge in [0.2, 0.25) is 0 Å². The van der Waals surface area contributed by atoms with Gasteiger partial charge < -0.3 is 9.47 Å². The van der Waals surface area contributed by atoms with Gasteiger partial charge in [0, 0.05) is 0 Å². The molecule has 120 valence electrons. The van der Waals surface area contributed by atoms with Gasteiger partial charge in [-0.15, -0.1) is 0 Å². The molecule has 22 heavy (non-hydrogen) atoms. The Labute approximate surface area is 122 Å². The minimum absolute atomic E-state index is 0.0570. The van der Waals surface area contributed by atoms with Crippen LogP contribution in [0.15, 0.2) is 12.1 Å². The number of rotatable bonds is 5. The van der Waals surface area contributed by atoms with Crippen LogP contribution >= 0.6 is 0 Å². The van der Waals surface area contributed by atoms with Gasteiger partial charge in [0.25, 0.3) is 0 Å². The third kappa shape index (κ3) is 4.58. The molecule has 0 bridgehead atoms. The standard InChI is InChI=1S/C13H10F5NO3/c1-2-21-10(20)5-7-3-9(22-12(14)15)4-8(6-19)11(7)13(16,17)18/h3-4,12H,2,5H2,1H3. The highest BCUT2D eigenvalue weighted by molar-refractivity contribution is 5.74. The smallest absolute Gasteiger partial charge is 0.417 e. The number of hydrogen-bond acceptors (Lipinski definition) is 4. The quantitative estimate of drug-likeness (QED) is 0.616.